The molecule has 2 N–H and O–H groups in total. The van der Waals surface area contributed by atoms with Gasteiger partial charge in [0.25, 0.3) is 0 Å². The molecule has 8 aliphatic rings. The highest BCUT2D eigenvalue weighted by atomic mass is 16.6. The van der Waals surface area contributed by atoms with E-state index in [4.69, 9.17) is 18.9 Å². The van der Waals surface area contributed by atoms with Gasteiger partial charge in [0.2, 0.25) is 0 Å². The molecule has 0 bridgehead atoms. The predicted octanol–water partition coefficient (Wildman–Crippen LogP) is 17.5. The second kappa shape index (κ2) is 29.4. The number of unbranched alkanes of at least 4 members (excludes halogenated alkanes) is 4. The van der Waals surface area contributed by atoms with Crippen LogP contribution >= 0.6 is 0 Å². The topological polar surface area (TPSA) is 129 Å². The minimum Gasteiger partial charge on any atom is -0.461 e. The fourth-order valence-electron chi connectivity index (χ4n) is 19.8. The maximum Gasteiger partial charge on any atom is 0.407 e. The number of hydrogen-bond donors (Lipinski definition) is 2. The van der Waals surface area contributed by atoms with Crippen LogP contribution in [-0.4, -0.2) is 61.6 Å². The number of hydrogen-bond acceptors (Lipinski definition) is 8. The van der Waals surface area contributed by atoms with E-state index < -0.39 is 36.2 Å². The molecular weight excluding hydrogens is 1040 g/mol. The SMILES string of the molecule is CC(C)CCC[C@@H](C)[C@H]1CC[C@H]2[C@@H]3CC=C4C[C@@H](OC(=O)[C@@H](C)NC(=O)OCCCCC#CC#CCCCCOC(=O)N[C@H](C)C(=O)O[C@H]5CC[C@@]6(C)C(=CC[C@H]7[C@@H]8CC[C@H]([C@H](C)CCCC(C)C)[C@@]8(C)CC[C@@H]76)C5)CC[C@]4(C)[C@H]3CC[C@]12C. The van der Waals surface area contributed by atoms with Crippen LogP contribution in [-0.2, 0) is 28.5 Å². The fraction of sp³-hybridized carbons (Fsp3) is 0.838. The van der Waals surface area contributed by atoms with E-state index in [1.807, 2.05) is 0 Å². The fourth-order valence-corrected chi connectivity index (χ4v) is 19.8. The Hall–Kier alpha value is -3.92. The molecule has 0 heterocycles. The van der Waals surface area contributed by atoms with Gasteiger partial charge in [-0.05, 0) is 234 Å². The molecule has 0 saturated heterocycles. The quantitative estimate of drug-likeness (QED) is 0.0321. The van der Waals surface area contributed by atoms with Crippen molar-refractivity contribution in [1.82, 2.24) is 10.6 Å². The third-order valence-corrected chi connectivity index (χ3v) is 24.6. The maximum absolute atomic E-state index is 13.2. The molecule has 0 aromatic heterocycles. The average molecular weight is 1160 g/mol. The molecule has 8 rings (SSSR count). The summed E-state index contributed by atoms with van der Waals surface area (Å²) >= 11 is 0. The summed E-state index contributed by atoms with van der Waals surface area (Å²) in [5.41, 5.74) is 4.30. The predicted molar refractivity (Wildman–Crippen MR) is 337 cm³/mol. The van der Waals surface area contributed by atoms with Crippen molar-refractivity contribution in [2.45, 2.75) is 287 Å². The third kappa shape index (κ3) is 15.5. The molecule has 84 heavy (non-hydrogen) atoms. The van der Waals surface area contributed by atoms with Crippen molar-refractivity contribution < 1.29 is 38.1 Å². The lowest BCUT2D eigenvalue weighted by atomic mass is 9.47. The summed E-state index contributed by atoms with van der Waals surface area (Å²) in [6.07, 6.45) is 34.5. The Labute approximate surface area is 510 Å². The molecule has 6 saturated carbocycles. The zero-order valence-electron chi connectivity index (χ0n) is 54.9. The van der Waals surface area contributed by atoms with Gasteiger partial charge in [-0.1, -0.05) is 143 Å². The summed E-state index contributed by atoms with van der Waals surface area (Å²) in [4.78, 5) is 51.6. The van der Waals surface area contributed by atoms with Crippen LogP contribution < -0.4 is 10.6 Å². The van der Waals surface area contributed by atoms with Crippen LogP contribution in [0.2, 0.25) is 0 Å². The van der Waals surface area contributed by atoms with Crippen LogP contribution in [0.25, 0.3) is 0 Å². The van der Waals surface area contributed by atoms with Crippen molar-refractivity contribution in [3.05, 3.63) is 23.3 Å². The van der Waals surface area contributed by atoms with Gasteiger partial charge >= 0.3 is 24.1 Å². The van der Waals surface area contributed by atoms with Crippen LogP contribution in [0.5, 0.6) is 0 Å². The first-order valence-corrected chi connectivity index (χ1v) is 34.7. The summed E-state index contributed by atoms with van der Waals surface area (Å²) in [6, 6.07) is -1.59. The van der Waals surface area contributed by atoms with Crippen LogP contribution in [0.3, 0.4) is 0 Å². The second-order valence-corrected chi connectivity index (χ2v) is 30.7. The van der Waals surface area contributed by atoms with E-state index >= 15 is 0 Å². The van der Waals surface area contributed by atoms with E-state index in [0.717, 1.165) is 111 Å². The lowest BCUT2D eigenvalue weighted by Gasteiger charge is -2.58. The summed E-state index contributed by atoms with van der Waals surface area (Å²) in [6.45, 7) is 28.7. The molecule has 0 unspecified atom stereocenters. The number of carbonyl (C=O) groups excluding carboxylic acids is 4. The van der Waals surface area contributed by atoms with E-state index in [1.54, 1.807) is 13.8 Å². The molecule has 18 atom stereocenters. The number of fused-ring (bicyclic) bond motifs is 10. The smallest absolute Gasteiger partial charge is 0.407 e. The van der Waals surface area contributed by atoms with Crippen molar-refractivity contribution in [3.63, 3.8) is 0 Å². The average Bonchev–Trinajstić information content (AvgIpc) is 1.47. The van der Waals surface area contributed by atoms with Crippen LogP contribution in [0, 0.1) is 116 Å². The molecule has 0 spiro atoms. The molecule has 0 aromatic carbocycles. The van der Waals surface area contributed by atoms with E-state index in [2.05, 4.69) is 116 Å². The number of amides is 2. The Morgan fingerprint density at radius 3 is 1.30 bits per heavy atom. The van der Waals surface area contributed by atoms with Gasteiger partial charge in [-0.25, -0.2) is 19.2 Å². The van der Waals surface area contributed by atoms with Gasteiger partial charge in [0.1, 0.15) is 24.3 Å². The third-order valence-electron chi connectivity index (χ3n) is 24.6. The zero-order valence-corrected chi connectivity index (χ0v) is 54.9. The molecule has 0 radical (unpaired) electrons. The number of carbonyl (C=O) groups is 4. The van der Waals surface area contributed by atoms with Gasteiger partial charge in [-0.15, -0.1) is 0 Å². The molecule has 0 aliphatic heterocycles. The van der Waals surface area contributed by atoms with E-state index in [-0.39, 0.29) is 36.3 Å². The number of alkyl carbamates (subject to hydrolysis) is 2. The number of allylic oxidation sites excluding steroid dienone is 2. The Morgan fingerprint density at radius 1 is 0.500 bits per heavy atom. The molecule has 8 aliphatic carbocycles. The van der Waals surface area contributed by atoms with Crippen molar-refractivity contribution in [1.29, 1.82) is 0 Å². The molecule has 2 amide bonds. The van der Waals surface area contributed by atoms with Gasteiger partial charge in [-0.3, -0.25) is 0 Å². The monoisotopic (exact) mass is 1160 g/mol. The largest absolute Gasteiger partial charge is 0.461 e. The Morgan fingerprint density at radius 2 is 0.905 bits per heavy atom. The van der Waals surface area contributed by atoms with Crippen LogP contribution in [0.15, 0.2) is 23.3 Å². The highest BCUT2D eigenvalue weighted by Crippen LogP contribution is 2.69. The first-order chi connectivity index (χ1) is 40.1. The highest BCUT2D eigenvalue weighted by Gasteiger charge is 2.61. The lowest BCUT2D eigenvalue weighted by molar-refractivity contribution is -0.154. The molecule has 10 nitrogen and oxygen atoms in total. The summed E-state index contributed by atoms with van der Waals surface area (Å²) in [5, 5.41) is 5.35. The zero-order chi connectivity index (χ0) is 60.4. The first kappa shape index (κ1) is 66.0. The van der Waals surface area contributed by atoms with Gasteiger partial charge in [0.05, 0.1) is 13.2 Å². The molecule has 0 aromatic rings. The molecule has 10 heteroatoms. The standard InChI is InChI=1S/C74H116N2O8/c1-49(2)25-23-27-51(5)61-33-35-63-59-31-29-55-47-57(37-41-71(55,9)65(59)39-43-73(61,63)11)83-67(77)53(7)75-69(79)81-45-21-19-17-15-13-14-16-18-20-22-46-82-70(80)76-54(8)68(78)84-58-38-42-72(10)56(48-58)30-32-60-64-36-34-62(52(6)28-24-26-50(3)4)74(64,12)44-40-66(60)72/h29-30,49-54,57-66H,17-28,31-48H2,1-12H3,(H,75,79)(H,76,80)/t51-,52-,53-,54-,57+,58+,59+,60+,61-,62-,63+,64+,65+,66+,71+,72+,73-,74-/m1/s1. The van der Waals surface area contributed by atoms with Crippen LogP contribution in [0.1, 0.15) is 263 Å². The molecule has 470 valence electrons. The van der Waals surface area contributed by atoms with Gasteiger partial charge in [0.15, 0.2) is 0 Å². The second-order valence-electron chi connectivity index (χ2n) is 30.7. The molecular formula is C74H116N2O8. The first-order valence-electron chi connectivity index (χ1n) is 34.7. The maximum atomic E-state index is 13.2. The summed E-state index contributed by atoms with van der Waals surface area (Å²) in [5.74, 6) is 20.6. The Kier molecular flexibility index (Phi) is 23.1. The number of ether oxygens (including phenoxy) is 4. The number of nitrogens with one attached hydrogen (secondary N) is 2. The van der Waals surface area contributed by atoms with Crippen LogP contribution in [0.4, 0.5) is 9.59 Å². The molecule has 6 fully saturated rings. The minimum absolute atomic E-state index is 0.161. The summed E-state index contributed by atoms with van der Waals surface area (Å²) < 4.78 is 22.9. The Bertz CT molecular complexity index is 2270. The van der Waals surface area contributed by atoms with Crippen molar-refractivity contribution in [2.24, 2.45) is 92.7 Å². The van der Waals surface area contributed by atoms with Crippen molar-refractivity contribution in [3.8, 4) is 23.7 Å². The Balaban J connectivity index is 0.635. The van der Waals surface area contributed by atoms with E-state index in [1.165, 1.54) is 114 Å². The van der Waals surface area contributed by atoms with Gasteiger partial charge < -0.3 is 29.6 Å². The van der Waals surface area contributed by atoms with Gasteiger partial charge in [-0.2, -0.15) is 0 Å². The van der Waals surface area contributed by atoms with Gasteiger partial charge in [0, 0.05) is 25.7 Å². The van der Waals surface area contributed by atoms with E-state index in [0.29, 0.717) is 48.3 Å². The van der Waals surface area contributed by atoms with E-state index in [9.17, 15) is 19.2 Å². The normalized spacial score (nSPS) is 35.2. The summed E-state index contributed by atoms with van der Waals surface area (Å²) in [7, 11) is 0. The highest BCUT2D eigenvalue weighted by molar-refractivity contribution is 5.81. The minimum atomic E-state index is -0.794. The number of rotatable bonds is 24. The van der Waals surface area contributed by atoms with Crippen molar-refractivity contribution in [2.75, 3.05) is 13.2 Å². The lowest BCUT2D eigenvalue weighted by Crippen LogP contribution is -2.51. The number of esters is 2. The van der Waals surface area contributed by atoms with Crippen molar-refractivity contribution >= 4 is 24.1 Å².